The average molecular weight is 401 g/mol. The van der Waals surface area contributed by atoms with Crippen LogP contribution in [0, 0.1) is 5.41 Å². The molecule has 0 spiro atoms. The molecule has 1 aromatic carbocycles. The standard InChI is InChI=1S/C24H23N3O3/c1-24(2,3)22-11-17-16-6-5-15(27-8-4-7-25-27)9-14(16)10-18(17)20-12-21(28)19(23(29)30)13-26(20)22/h4-9,12-13,22H,10-11H2,1-3H3,(H,29,30)/t22-/m0/s1. The molecule has 5 rings (SSSR count). The van der Waals surface area contributed by atoms with E-state index in [1.165, 1.54) is 29.0 Å². The quantitative estimate of drug-likeness (QED) is 0.698. The molecule has 0 unspecified atom stereocenters. The molecule has 2 aromatic heterocycles. The molecule has 3 aromatic rings. The van der Waals surface area contributed by atoms with Gasteiger partial charge in [0.1, 0.15) is 5.56 Å². The zero-order chi connectivity index (χ0) is 21.2. The van der Waals surface area contributed by atoms with Crippen molar-refractivity contribution in [3.8, 4) is 5.69 Å². The summed E-state index contributed by atoms with van der Waals surface area (Å²) in [6.07, 6.45) is 6.75. The lowest BCUT2D eigenvalue weighted by Gasteiger charge is -2.39. The van der Waals surface area contributed by atoms with Crippen molar-refractivity contribution >= 4 is 17.1 Å². The Hall–Kier alpha value is -3.41. The number of hydrogen-bond acceptors (Lipinski definition) is 3. The van der Waals surface area contributed by atoms with E-state index in [0.29, 0.717) is 0 Å². The Kier molecular flexibility index (Phi) is 3.90. The summed E-state index contributed by atoms with van der Waals surface area (Å²) < 4.78 is 3.86. The predicted octanol–water partition coefficient (Wildman–Crippen LogP) is 4.19. The maximum atomic E-state index is 12.5. The van der Waals surface area contributed by atoms with Crippen LogP contribution in [0.1, 0.15) is 60.4 Å². The number of nitrogens with zero attached hydrogens (tertiary/aromatic N) is 3. The maximum absolute atomic E-state index is 12.5. The molecule has 0 fully saturated rings. The Balaban J connectivity index is 1.68. The van der Waals surface area contributed by atoms with Gasteiger partial charge in [-0.15, -0.1) is 0 Å². The molecule has 1 atom stereocenters. The largest absolute Gasteiger partial charge is 0.477 e. The zero-order valence-electron chi connectivity index (χ0n) is 17.2. The van der Waals surface area contributed by atoms with Crippen molar-refractivity contribution in [3.63, 3.8) is 0 Å². The van der Waals surface area contributed by atoms with Gasteiger partial charge >= 0.3 is 5.97 Å². The van der Waals surface area contributed by atoms with Crippen LogP contribution >= 0.6 is 0 Å². The first-order chi connectivity index (χ1) is 14.2. The van der Waals surface area contributed by atoms with E-state index < -0.39 is 11.4 Å². The summed E-state index contributed by atoms with van der Waals surface area (Å²) in [7, 11) is 0. The molecule has 1 aliphatic heterocycles. The number of fused-ring (bicyclic) bond motifs is 4. The first-order valence-electron chi connectivity index (χ1n) is 10.1. The van der Waals surface area contributed by atoms with E-state index in [4.69, 9.17) is 0 Å². The van der Waals surface area contributed by atoms with Gasteiger partial charge in [0.2, 0.25) is 0 Å². The van der Waals surface area contributed by atoms with E-state index in [1.807, 2.05) is 21.5 Å². The second-order valence-electron chi connectivity index (χ2n) is 9.16. The highest BCUT2D eigenvalue weighted by atomic mass is 16.4. The minimum atomic E-state index is -1.18. The topological polar surface area (TPSA) is 77.1 Å². The molecule has 0 saturated heterocycles. The highest BCUT2D eigenvalue weighted by Crippen LogP contribution is 2.50. The lowest BCUT2D eigenvalue weighted by atomic mass is 9.78. The molecule has 1 aliphatic carbocycles. The van der Waals surface area contributed by atoms with Gasteiger partial charge in [0, 0.05) is 42.8 Å². The molecule has 3 heterocycles. The van der Waals surface area contributed by atoms with E-state index in [0.717, 1.165) is 29.8 Å². The van der Waals surface area contributed by atoms with Crippen molar-refractivity contribution in [2.45, 2.75) is 39.7 Å². The summed E-state index contributed by atoms with van der Waals surface area (Å²) in [4.78, 5) is 24.1. The van der Waals surface area contributed by atoms with E-state index >= 15 is 0 Å². The lowest BCUT2D eigenvalue weighted by molar-refractivity contribution is 0.0693. The highest BCUT2D eigenvalue weighted by Gasteiger charge is 2.37. The summed E-state index contributed by atoms with van der Waals surface area (Å²) in [6.45, 7) is 6.46. The van der Waals surface area contributed by atoms with Crippen LogP contribution in [-0.2, 0) is 6.42 Å². The Morgan fingerprint density at radius 1 is 1.20 bits per heavy atom. The number of pyridine rings is 1. The summed E-state index contributed by atoms with van der Waals surface area (Å²) in [5.41, 5.74) is 5.94. The van der Waals surface area contributed by atoms with Crippen LogP contribution in [0.15, 0.2) is 53.7 Å². The number of carbonyl (C=O) groups is 1. The third-order valence-corrected chi connectivity index (χ3v) is 6.27. The SMILES string of the molecule is CC(C)(C)[C@@H]1CC2=C(Cc3cc(-n4cccn4)ccc32)c2cc(=O)c(C(=O)O)cn21. The third-order valence-electron chi connectivity index (χ3n) is 6.27. The number of benzene rings is 1. The first kappa shape index (κ1) is 18.6. The normalized spacial score (nSPS) is 17.5. The van der Waals surface area contributed by atoms with Crippen LogP contribution in [0.3, 0.4) is 0 Å². The minimum Gasteiger partial charge on any atom is -0.477 e. The van der Waals surface area contributed by atoms with Gasteiger partial charge < -0.3 is 9.67 Å². The van der Waals surface area contributed by atoms with E-state index in [-0.39, 0.29) is 17.0 Å². The number of carboxylic acid groups (broad SMARTS) is 1. The molecule has 0 bridgehead atoms. The fourth-order valence-electron chi connectivity index (χ4n) is 4.75. The van der Waals surface area contributed by atoms with Gasteiger partial charge in [0.25, 0.3) is 0 Å². The number of aromatic nitrogens is 3. The maximum Gasteiger partial charge on any atom is 0.341 e. The van der Waals surface area contributed by atoms with Crippen LogP contribution in [0.5, 0.6) is 0 Å². The van der Waals surface area contributed by atoms with Crippen molar-refractivity contribution in [3.05, 3.63) is 81.5 Å². The molecule has 0 saturated carbocycles. The molecule has 0 radical (unpaired) electrons. The number of rotatable bonds is 2. The van der Waals surface area contributed by atoms with E-state index in [2.05, 4.69) is 44.1 Å². The lowest BCUT2D eigenvalue weighted by Crippen LogP contribution is -2.32. The second-order valence-corrected chi connectivity index (χ2v) is 9.16. The smallest absolute Gasteiger partial charge is 0.341 e. The van der Waals surface area contributed by atoms with Crippen molar-refractivity contribution in [1.29, 1.82) is 0 Å². The van der Waals surface area contributed by atoms with E-state index in [1.54, 1.807) is 6.20 Å². The summed E-state index contributed by atoms with van der Waals surface area (Å²) in [5.74, 6) is -1.18. The van der Waals surface area contributed by atoms with Crippen molar-refractivity contribution in [2.75, 3.05) is 0 Å². The van der Waals surface area contributed by atoms with Crippen LogP contribution in [0.4, 0.5) is 0 Å². The Morgan fingerprint density at radius 2 is 2.00 bits per heavy atom. The summed E-state index contributed by atoms with van der Waals surface area (Å²) >= 11 is 0. The average Bonchev–Trinajstić information content (AvgIpc) is 3.33. The van der Waals surface area contributed by atoms with Gasteiger partial charge in [-0.25, -0.2) is 9.48 Å². The summed E-state index contributed by atoms with van der Waals surface area (Å²) in [5, 5.41) is 13.8. The third kappa shape index (κ3) is 2.75. The van der Waals surface area contributed by atoms with Crippen molar-refractivity contribution in [2.24, 2.45) is 5.41 Å². The molecular weight excluding hydrogens is 378 g/mol. The molecule has 30 heavy (non-hydrogen) atoms. The minimum absolute atomic E-state index is 0.0571. The molecule has 1 N–H and O–H groups in total. The second kappa shape index (κ2) is 6.29. The van der Waals surface area contributed by atoms with Gasteiger partial charge in [-0.3, -0.25) is 4.79 Å². The van der Waals surface area contributed by atoms with E-state index in [9.17, 15) is 14.7 Å². The van der Waals surface area contributed by atoms with Crippen LogP contribution < -0.4 is 5.43 Å². The predicted molar refractivity (Wildman–Crippen MR) is 115 cm³/mol. The Bertz CT molecular complexity index is 1270. The molecule has 2 aliphatic rings. The Morgan fingerprint density at radius 3 is 2.67 bits per heavy atom. The number of hydrogen-bond donors (Lipinski definition) is 1. The van der Waals surface area contributed by atoms with Gasteiger partial charge in [0.05, 0.1) is 5.69 Å². The fourth-order valence-corrected chi connectivity index (χ4v) is 4.75. The van der Waals surface area contributed by atoms with Gasteiger partial charge in [-0.05, 0) is 52.3 Å². The first-order valence-corrected chi connectivity index (χ1v) is 10.1. The number of allylic oxidation sites excluding steroid dienone is 2. The van der Waals surface area contributed by atoms with Crippen molar-refractivity contribution < 1.29 is 9.90 Å². The van der Waals surface area contributed by atoms with Crippen LogP contribution in [-0.4, -0.2) is 25.4 Å². The van der Waals surface area contributed by atoms with Crippen LogP contribution in [0.2, 0.25) is 0 Å². The molecule has 6 nitrogen and oxygen atoms in total. The molecule has 6 heteroatoms. The summed E-state index contributed by atoms with van der Waals surface area (Å²) in [6, 6.07) is 9.84. The van der Waals surface area contributed by atoms with Crippen molar-refractivity contribution in [1.82, 2.24) is 14.3 Å². The highest BCUT2D eigenvalue weighted by molar-refractivity contribution is 5.98. The molecule has 0 amide bonds. The van der Waals surface area contributed by atoms with Crippen LogP contribution in [0.25, 0.3) is 16.8 Å². The zero-order valence-corrected chi connectivity index (χ0v) is 17.2. The van der Waals surface area contributed by atoms with Gasteiger partial charge in [0.15, 0.2) is 5.43 Å². The fraction of sp³-hybridized carbons (Fsp3) is 0.292. The number of aromatic carboxylic acids is 1. The number of carboxylic acids is 1. The monoisotopic (exact) mass is 401 g/mol. The molecule has 152 valence electrons. The van der Waals surface area contributed by atoms with Gasteiger partial charge in [-0.1, -0.05) is 26.8 Å². The molecular formula is C24H23N3O3. The Labute approximate surface area is 174 Å². The van der Waals surface area contributed by atoms with Gasteiger partial charge in [-0.2, -0.15) is 5.10 Å².